The number of rotatable bonds is 2. The van der Waals surface area contributed by atoms with Crippen molar-refractivity contribution in [3.05, 3.63) is 58.7 Å². The molecule has 5 rings (SSSR count). The predicted octanol–water partition coefficient (Wildman–Crippen LogP) is 3.31. The highest BCUT2D eigenvalue weighted by Crippen LogP contribution is 2.53. The molecule has 0 saturated heterocycles. The Balaban J connectivity index is 1.51. The van der Waals surface area contributed by atoms with E-state index in [0.717, 1.165) is 40.6 Å². The molecule has 0 amide bonds. The van der Waals surface area contributed by atoms with Crippen LogP contribution >= 0.6 is 11.6 Å². The Morgan fingerprint density at radius 1 is 1.21 bits per heavy atom. The van der Waals surface area contributed by atoms with Gasteiger partial charge in [-0.25, -0.2) is 14.5 Å². The number of nitrogens with zero attached hydrogens (tertiary/aromatic N) is 6. The molecule has 1 aliphatic carbocycles. The van der Waals surface area contributed by atoms with Crippen molar-refractivity contribution in [2.75, 3.05) is 0 Å². The lowest BCUT2D eigenvalue weighted by molar-refractivity contribution is 0.829. The van der Waals surface area contributed by atoms with E-state index in [1.165, 1.54) is 0 Å². The zero-order chi connectivity index (χ0) is 16.4. The Kier molecular flexibility index (Phi) is 2.77. The molecule has 4 aromatic heterocycles. The van der Waals surface area contributed by atoms with Gasteiger partial charge in [-0.15, -0.1) is 0 Å². The molecule has 6 nitrogen and oxygen atoms in total. The number of fused-ring (bicyclic) bond motifs is 2. The number of pyridine rings is 1. The van der Waals surface area contributed by atoms with Crippen LogP contribution in [0.4, 0.5) is 0 Å². The maximum atomic E-state index is 6.04. The summed E-state index contributed by atoms with van der Waals surface area (Å²) in [4.78, 5) is 13.8. The van der Waals surface area contributed by atoms with Crippen molar-refractivity contribution in [3.8, 4) is 0 Å². The maximum absolute atomic E-state index is 6.04. The van der Waals surface area contributed by atoms with Crippen molar-refractivity contribution < 1.29 is 0 Å². The van der Waals surface area contributed by atoms with Crippen molar-refractivity contribution in [2.24, 2.45) is 0 Å². The first kappa shape index (κ1) is 13.9. The first-order chi connectivity index (χ1) is 11.6. The van der Waals surface area contributed by atoms with Crippen LogP contribution in [0, 0.1) is 13.8 Å². The van der Waals surface area contributed by atoms with Gasteiger partial charge in [0.15, 0.2) is 11.5 Å². The summed E-state index contributed by atoms with van der Waals surface area (Å²) in [5.41, 5.74) is 4.69. The van der Waals surface area contributed by atoms with Crippen molar-refractivity contribution in [3.63, 3.8) is 0 Å². The van der Waals surface area contributed by atoms with Gasteiger partial charge in [0, 0.05) is 35.4 Å². The molecule has 0 spiro atoms. The number of aromatic nitrogens is 6. The van der Waals surface area contributed by atoms with Gasteiger partial charge in [-0.05, 0) is 32.4 Å². The average Bonchev–Trinajstić information content (AvgIpc) is 3.04. The molecule has 2 unspecified atom stereocenters. The van der Waals surface area contributed by atoms with E-state index in [9.17, 15) is 0 Å². The van der Waals surface area contributed by atoms with Gasteiger partial charge in [-0.3, -0.25) is 4.98 Å². The SMILES string of the molecule is Cc1ncc(C)n2nc(C3CC3c3cn4ccc(Cl)cc4n3)nc12. The third-order valence-electron chi connectivity index (χ3n) is 4.67. The predicted molar refractivity (Wildman–Crippen MR) is 90.6 cm³/mol. The molecule has 1 saturated carbocycles. The highest BCUT2D eigenvalue weighted by molar-refractivity contribution is 6.30. The standard InChI is InChI=1S/C17H15ClN6/c1-9-7-19-10(2)17-21-16(22-24(9)17)13-6-12(13)14-8-23-4-3-11(18)5-15(23)20-14/h3-5,7-8,12-13H,6H2,1-2H3. The van der Waals surface area contributed by atoms with Crippen LogP contribution in [0.5, 0.6) is 0 Å². The Morgan fingerprint density at radius 3 is 2.92 bits per heavy atom. The van der Waals surface area contributed by atoms with Gasteiger partial charge in [0.1, 0.15) is 5.65 Å². The Hall–Kier alpha value is -2.47. The third-order valence-corrected chi connectivity index (χ3v) is 4.90. The molecule has 24 heavy (non-hydrogen) atoms. The zero-order valence-corrected chi connectivity index (χ0v) is 14.1. The summed E-state index contributed by atoms with van der Waals surface area (Å²) in [7, 11) is 0. The minimum Gasteiger partial charge on any atom is -0.307 e. The second kappa shape index (κ2) is 4.77. The van der Waals surface area contributed by atoms with Crippen molar-refractivity contribution >= 4 is 22.9 Å². The van der Waals surface area contributed by atoms with Crippen LogP contribution in [0.1, 0.15) is 41.2 Å². The normalized spacial score (nSPS) is 20.1. The summed E-state index contributed by atoms with van der Waals surface area (Å²) >= 11 is 6.04. The van der Waals surface area contributed by atoms with Gasteiger partial charge in [0.25, 0.3) is 0 Å². The largest absolute Gasteiger partial charge is 0.307 e. The second-order valence-corrected chi connectivity index (χ2v) is 6.85. The molecule has 0 radical (unpaired) electrons. The average molecular weight is 339 g/mol. The first-order valence-electron chi connectivity index (χ1n) is 7.93. The lowest BCUT2D eigenvalue weighted by Gasteiger charge is -1.97. The molecule has 4 aromatic rings. The number of imidazole rings is 1. The van der Waals surface area contributed by atoms with E-state index >= 15 is 0 Å². The van der Waals surface area contributed by atoms with E-state index < -0.39 is 0 Å². The highest BCUT2D eigenvalue weighted by atomic mass is 35.5. The molecule has 1 fully saturated rings. The van der Waals surface area contributed by atoms with Gasteiger partial charge < -0.3 is 4.40 Å². The fourth-order valence-corrected chi connectivity index (χ4v) is 3.38. The summed E-state index contributed by atoms with van der Waals surface area (Å²) < 4.78 is 3.89. The minimum absolute atomic E-state index is 0.323. The van der Waals surface area contributed by atoms with E-state index in [0.29, 0.717) is 16.9 Å². The lowest BCUT2D eigenvalue weighted by atomic mass is 10.2. The van der Waals surface area contributed by atoms with E-state index in [1.54, 1.807) is 0 Å². The second-order valence-electron chi connectivity index (χ2n) is 6.42. The Morgan fingerprint density at radius 2 is 2.08 bits per heavy atom. The van der Waals surface area contributed by atoms with Gasteiger partial charge in [-0.2, -0.15) is 5.10 Å². The molecule has 0 aromatic carbocycles. The number of aryl methyl sites for hydroxylation is 2. The number of halogens is 1. The van der Waals surface area contributed by atoms with Crippen LogP contribution in [0.3, 0.4) is 0 Å². The molecule has 0 bridgehead atoms. The van der Waals surface area contributed by atoms with Gasteiger partial charge in [0.2, 0.25) is 0 Å². The molecule has 0 N–H and O–H groups in total. The maximum Gasteiger partial charge on any atom is 0.177 e. The van der Waals surface area contributed by atoms with Crippen LogP contribution in [0.2, 0.25) is 5.02 Å². The molecule has 120 valence electrons. The molecular formula is C17H15ClN6. The van der Waals surface area contributed by atoms with E-state index in [-0.39, 0.29) is 0 Å². The smallest absolute Gasteiger partial charge is 0.177 e. The quantitative estimate of drug-likeness (QED) is 0.562. The fraction of sp³-hybridized carbons (Fsp3) is 0.294. The Labute approximate surface area is 143 Å². The molecule has 4 heterocycles. The zero-order valence-electron chi connectivity index (χ0n) is 13.3. The summed E-state index contributed by atoms with van der Waals surface area (Å²) in [6.07, 6.45) is 6.87. The molecular weight excluding hydrogens is 324 g/mol. The van der Waals surface area contributed by atoms with Crippen molar-refractivity contribution in [1.82, 2.24) is 29.0 Å². The first-order valence-corrected chi connectivity index (χ1v) is 8.31. The third kappa shape index (κ3) is 2.03. The van der Waals surface area contributed by atoms with Crippen LogP contribution < -0.4 is 0 Å². The van der Waals surface area contributed by atoms with Gasteiger partial charge in [0.05, 0.1) is 17.1 Å². The molecule has 7 heteroatoms. The van der Waals surface area contributed by atoms with E-state index in [4.69, 9.17) is 21.6 Å². The van der Waals surface area contributed by atoms with Crippen molar-refractivity contribution in [2.45, 2.75) is 32.1 Å². The lowest BCUT2D eigenvalue weighted by Crippen LogP contribution is -1.97. The summed E-state index contributed by atoms with van der Waals surface area (Å²) in [5.74, 6) is 1.58. The number of hydrogen-bond donors (Lipinski definition) is 0. The highest BCUT2D eigenvalue weighted by Gasteiger charge is 2.44. The van der Waals surface area contributed by atoms with Crippen LogP contribution in [-0.2, 0) is 0 Å². The van der Waals surface area contributed by atoms with Crippen LogP contribution in [-0.4, -0.2) is 29.0 Å². The number of hydrogen-bond acceptors (Lipinski definition) is 4. The van der Waals surface area contributed by atoms with E-state index in [2.05, 4.69) is 16.3 Å². The molecule has 0 aliphatic heterocycles. The van der Waals surface area contributed by atoms with Crippen LogP contribution in [0.15, 0.2) is 30.7 Å². The topological polar surface area (TPSA) is 60.4 Å². The van der Waals surface area contributed by atoms with Crippen molar-refractivity contribution in [1.29, 1.82) is 0 Å². The minimum atomic E-state index is 0.323. The molecule has 1 aliphatic rings. The Bertz CT molecular complexity index is 1060. The summed E-state index contributed by atoms with van der Waals surface area (Å²) in [6, 6.07) is 3.75. The van der Waals surface area contributed by atoms with Crippen LogP contribution in [0.25, 0.3) is 11.3 Å². The van der Waals surface area contributed by atoms with Gasteiger partial charge in [-0.1, -0.05) is 11.6 Å². The van der Waals surface area contributed by atoms with Gasteiger partial charge >= 0.3 is 0 Å². The molecule has 2 atom stereocenters. The van der Waals surface area contributed by atoms with E-state index in [1.807, 2.05) is 47.3 Å². The summed E-state index contributed by atoms with van der Waals surface area (Å²) in [6.45, 7) is 3.96. The fourth-order valence-electron chi connectivity index (χ4n) is 3.23. The summed E-state index contributed by atoms with van der Waals surface area (Å²) in [5, 5.41) is 5.39. The monoisotopic (exact) mass is 338 g/mol.